The zero-order valence-corrected chi connectivity index (χ0v) is 8.46. The molecule has 0 heterocycles. The zero-order valence-electron chi connectivity index (χ0n) is 7.70. The lowest BCUT2D eigenvalue weighted by Gasteiger charge is -2.03. The van der Waals surface area contributed by atoms with Gasteiger partial charge in [-0.2, -0.15) is 0 Å². The molecule has 0 aliphatic heterocycles. The second-order valence-electron chi connectivity index (χ2n) is 2.68. The molecular formula is C11H11ClO2. The molecule has 0 radical (unpaired) electrons. The highest BCUT2D eigenvalue weighted by molar-refractivity contribution is 6.30. The number of benzene rings is 1. The van der Waals surface area contributed by atoms with Gasteiger partial charge >= 0.3 is 0 Å². The molecule has 0 saturated carbocycles. The molecule has 1 aromatic rings. The first-order chi connectivity index (χ1) is 6.77. The summed E-state index contributed by atoms with van der Waals surface area (Å²) in [6.07, 6.45) is 1.66. The Morgan fingerprint density at radius 2 is 2.07 bits per heavy atom. The summed E-state index contributed by atoms with van der Waals surface area (Å²) in [6, 6.07) is 6.87. The van der Waals surface area contributed by atoms with Crippen LogP contribution in [0.3, 0.4) is 0 Å². The molecule has 0 aliphatic carbocycles. The summed E-state index contributed by atoms with van der Waals surface area (Å²) in [5.74, 6) is 0.644. The molecule has 0 atom stereocenters. The third-order valence-electron chi connectivity index (χ3n) is 1.67. The lowest BCUT2D eigenvalue weighted by molar-refractivity contribution is 0.102. The number of carbonyl (C=O) groups is 1. The number of hydrogen-bond donors (Lipinski definition) is 0. The molecular weight excluding hydrogens is 200 g/mol. The third kappa shape index (κ3) is 2.89. The average Bonchev–Trinajstić information content (AvgIpc) is 2.26. The molecule has 0 bridgehead atoms. The standard InChI is InChI=1S/C11H11ClO2/c1-2-7-14-10-5-3-9(4-6-10)11(13)8-12/h2-6H,1,7-8H2. The first kappa shape index (κ1) is 10.8. The lowest BCUT2D eigenvalue weighted by Crippen LogP contribution is -2.00. The van der Waals surface area contributed by atoms with E-state index in [1.54, 1.807) is 30.3 Å². The molecule has 1 rings (SSSR count). The first-order valence-electron chi connectivity index (χ1n) is 4.21. The van der Waals surface area contributed by atoms with Crippen LogP contribution in [0.15, 0.2) is 36.9 Å². The van der Waals surface area contributed by atoms with E-state index in [2.05, 4.69) is 6.58 Å². The maximum Gasteiger partial charge on any atom is 0.177 e. The fourth-order valence-electron chi connectivity index (χ4n) is 0.969. The molecule has 0 saturated heterocycles. The van der Waals surface area contributed by atoms with Gasteiger partial charge in [-0.15, -0.1) is 11.6 Å². The van der Waals surface area contributed by atoms with E-state index in [0.29, 0.717) is 12.2 Å². The van der Waals surface area contributed by atoms with E-state index in [1.165, 1.54) is 0 Å². The normalized spacial score (nSPS) is 9.50. The molecule has 74 valence electrons. The quantitative estimate of drug-likeness (QED) is 0.424. The molecule has 0 aliphatic rings. The third-order valence-corrected chi connectivity index (χ3v) is 1.91. The predicted molar refractivity (Wildman–Crippen MR) is 57.2 cm³/mol. The van der Waals surface area contributed by atoms with Crippen LogP contribution in [0.25, 0.3) is 0 Å². The zero-order chi connectivity index (χ0) is 10.4. The van der Waals surface area contributed by atoms with Crippen molar-refractivity contribution in [3.05, 3.63) is 42.5 Å². The molecule has 1 aromatic carbocycles. The SMILES string of the molecule is C=CCOc1ccc(C(=O)CCl)cc1. The van der Waals surface area contributed by atoms with Crippen molar-refractivity contribution < 1.29 is 9.53 Å². The Balaban J connectivity index is 2.68. The van der Waals surface area contributed by atoms with E-state index in [-0.39, 0.29) is 11.7 Å². The molecule has 0 fully saturated rings. The van der Waals surface area contributed by atoms with Crippen molar-refractivity contribution in [3.8, 4) is 5.75 Å². The minimum absolute atomic E-state index is 0.00681. The summed E-state index contributed by atoms with van der Waals surface area (Å²) in [5.41, 5.74) is 0.603. The van der Waals surface area contributed by atoms with Gasteiger partial charge in [0.05, 0.1) is 5.88 Å². The van der Waals surface area contributed by atoms with Gasteiger partial charge in [-0.25, -0.2) is 0 Å². The topological polar surface area (TPSA) is 26.3 Å². The van der Waals surface area contributed by atoms with Crippen LogP contribution in [0, 0.1) is 0 Å². The predicted octanol–water partition coefficient (Wildman–Crippen LogP) is 2.67. The fourth-order valence-corrected chi connectivity index (χ4v) is 1.12. The molecule has 0 N–H and O–H groups in total. The van der Waals surface area contributed by atoms with Gasteiger partial charge < -0.3 is 4.74 Å². The van der Waals surface area contributed by atoms with Crippen molar-refractivity contribution in [2.75, 3.05) is 12.5 Å². The van der Waals surface area contributed by atoms with Gasteiger partial charge in [0, 0.05) is 5.56 Å². The molecule has 0 amide bonds. The molecule has 2 nitrogen and oxygen atoms in total. The van der Waals surface area contributed by atoms with Crippen molar-refractivity contribution >= 4 is 17.4 Å². The smallest absolute Gasteiger partial charge is 0.177 e. The maximum absolute atomic E-state index is 11.1. The van der Waals surface area contributed by atoms with Crippen LogP contribution in [0.2, 0.25) is 0 Å². The van der Waals surface area contributed by atoms with Crippen LogP contribution in [-0.4, -0.2) is 18.3 Å². The Morgan fingerprint density at radius 1 is 1.43 bits per heavy atom. The first-order valence-corrected chi connectivity index (χ1v) is 4.74. The largest absolute Gasteiger partial charge is 0.490 e. The summed E-state index contributed by atoms with van der Waals surface area (Å²) in [5, 5.41) is 0. The maximum atomic E-state index is 11.1. The van der Waals surface area contributed by atoms with Gasteiger partial charge in [-0.05, 0) is 24.3 Å². The van der Waals surface area contributed by atoms with E-state index in [9.17, 15) is 4.79 Å². The van der Waals surface area contributed by atoms with Gasteiger partial charge in [-0.1, -0.05) is 12.7 Å². The van der Waals surface area contributed by atoms with Crippen molar-refractivity contribution in [1.82, 2.24) is 0 Å². The van der Waals surface area contributed by atoms with E-state index < -0.39 is 0 Å². The highest BCUT2D eigenvalue weighted by Crippen LogP contribution is 2.12. The minimum atomic E-state index is -0.0815. The Morgan fingerprint density at radius 3 is 2.57 bits per heavy atom. The van der Waals surface area contributed by atoms with E-state index in [0.717, 1.165) is 5.75 Å². The van der Waals surface area contributed by atoms with Crippen molar-refractivity contribution in [2.45, 2.75) is 0 Å². The monoisotopic (exact) mass is 210 g/mol. The Kier molecular flexibility index (Phi) is 4.20. The van der Waals surface area contributed by atoms with Gasteiger partial charge in [0.1, 0.15) is 12.4 Å². The van der Waals surface area contributed by atoms with Crippen LogP contribution in [-0.2, 0) is 0 Å². The van der Waals surface area contributed by atoms with Crippen LogP contribution in [0.5, 0.6) is 5.75 Å². The Hall–Kier alpha value is -1.28. The molecule has 3 heteroatoms. The summed E-state index contributed by atoms with van der Waals surface area (Å²) in [6.45, 7) is 4.00. The number of carbonyl (C=O) groups excluding carboxylic acids is 1. The molecule has 0 unspecified atom stereocenters. The van der Waals surface area contributed by atoms with Gasteiger partial charge in [0.25, 0.3) is 0 Å². The summed E-state index contributed by atoms with van der Waals surface area (Å²) < 4.78 is 5.26. The van der Waals surface area contributed by atoms with Gasteiger partial charge in [0.2, 0.25) is 0 Å². The second kappa shape index (κ2) is 5.45. The Labute approximate surface area is 88.1 Å². The average molecular weight is 211 g/mol. The summed E-state index contributed by atoms with van der Waals surface area (Å²) in [7, 11) is 0. The van der Waals surface area contributed by atoms with Crippen LogP contribution in [0.1, 0.15) is 10.4 Å². The van der Waals surface area contributed by atoms with Gasteiger partial charge in [-0.3, -0.25) is 4.79 Å². The molecule has 14 heavy (non-hydrogen) atoms. The molecule has 0 spiro atoms. The Bertz CT molecular complexity index is 317. The molecule has 0 aromatic heterocycles. The summed E-state index contributed by atoms with van der Waals surface area (Å²) in [4.78, 5) is 11.1. The van der Waals surface area contributed by atoms with Crippen molar-refractivity contribution in [3.63, 3.8) is 0 Å². The van der Waals surface area contributed by atoms with Gasteiger partial charge in [0.15, 0.2) is 5.78 Å². The van der Waals surface area contributed by atoms with E-state index in [1.807, 2.05) is 0 Å². The number of halogens is 1. The second-order valence-corrected chi connectivity index (χ2v) is 2.95. The number of ketones is 1. The van der Waals surface area contributed by atoms with Crippen molar-refractivity contribution in [1.29, 1.82) is 0 Å². The van der Waals surface area contributed by atoms with E-state index >= 15 is 0 Å². The van der Waals surface area contributed by atoms with Crippen LogP contribution in [0.4, 0.5) is 0 Å². The minimum Gasteiger partial charge on any atom is -0.490 e. The lowest BCUT2D eigenvalue weighted by atomic mass is 10.1. The number of ether oxygens (including phenoxy) is 1. The number of alkyl halides is 1. The highest BCUT2D eigenvalue weighted by atomic mass is 35.5. The highest BCUT2D eigenvalue weighted by Gasteiger charge is 2.03. The van der Waals surface area contributed by atoms with E-state index in [4.69, 9.17) is 16.3 Å². The fraction of sp³-hybridized carbons (Fsp3) is 0.182. The van der Waals surface area contributed by atoms with Crippen LogP contribution >= 0.6 is 11.6 Å². The van der Waals surface area contributed by atoms with Crippen molar-refractivity contribution in [2.24, 2.45) is 0 Å². The number of Topliss-reactive ketones (excluding diaryl/α,β-unsaturated/α-hetero) is 1. The number of rotatable bonds is 5. The number of hydrogen-bond acceptors (Lipinski definition) is 2. The summed E-state index contributed by atoms with van der Waals surface area (Å²) >= 11 is 5.42. The van der Waals surface area contributed by atoms with Crippen LogP contribution < -0.4 is 4.74 Å².